The molecular formula is C9H10ClFN2O4S. The number of non-ortho nitro benzene ring substituents is 1. The Balaban J connectivity index is 2.89. The summed E-state index contributed by atoms with van der Waals surface area (Å²) >= 11 is 5.36. The average Bonchev–Trinajstić information content (AvgIpc) is 2.29. The van der Waals surface area contributed by atoms with Crippen LogP contribution in [0.15, 0.2) is 18.2 Å². The lowest BCUT2D eigenvalue weighted by atomic mass is 10.3. The highest BCUT2D eigenvalue weighted by Crippen LogP contribution is 2.21. The van der Waals surface area contributed by atoms with Crippen molar-refractivity contribution in [3.63, 3.8) is 0 Å². The van der Waals surface area contributed by atoms with Crippen molar-refractivity contribution in [2.24, 2.45) is 0 Å². The summed E-state index contributed by atoms with van der Waals surface area (Å²) < 4.78 is 38.3. The molecular weight excluding hydrogens is 287 g/mol. The van der Waals surface area contributed by atoms with Gasteiger partial charge >= 0.3 is 0 Å². The number of halogens is 2. The molecule has 6 nitrogen and oxygen atoms in total. The van der Waals surface area contributed by atoms with Gasteiger partial charge < -0.3 is 0 Å². The minimum atomic E-state index is -3.70. The van der Waals surface area contributed by atoms with Crippen LogP contribution in [0.2, 0.25) is 0 Å². The van der Waals surface area contributed by atoms with Crippen molar-refractivity contribution in [2.45, 2.75) is 6.42 Å². The lowest BCUT2D eigenvalue weighted by Gasteiger charge is -2.07. The Hall–Kier alpha value is -1.41. The highest BCUT2D eigenvalue weighted by atomic mass is 35.5. The second kappa shape index (κ2) is 5.96. The fraction of sp³-hybridized carbons (Fsp3) is 0.333. The van der Waals surface area contributed by atoms with Gasteiger partial charge in [-0.3, -0.25) is 14.8 Å². The van der Waals surface area contributed by atoms with Gasteiger partial charge in [0.25, 0.3) is 5.69 Å². The van der Waals surface area contributed by atoms with Crippen LogP contribution in [-0.2, 0) is 10.0 Å². The van der Waals surface area contributed by atoms with Crippen LogP contribution in [0.3, 0.4) is 0 Å². The summed E-state index contributed by atoms with van der Waals surface area (Å²) in [5, 5.41) is 10.4. The maximum Gasteiger partial charge on any atom is 0.272 e. The normalized spacial score (nSPS) is 11.2. The zero-order chi connectivity index (χ0) is 13.8. The van der Waals surface area contributed by atoms with Gasteiger partial charge in [-0.15, -0.1) is 11.6 Å². The lowest BCUT2D eigenvalue weighted by Crippen LogP contribution is -2.17. The molecule has 100 valence electrons. The van der Waals surface area contributed by atoms with Crippen LogP contribution in [0.1, 0.15) is 6.42 Å². The minimum Gasteiger partial charge on any atom is -0.281 e. The van der Waals surface area contributed by atoms with Crippen molar-refractivity contribution in [3.8, 4) is 0 Å². The van der Waals surface area contributed by atoms with Gasteiger partial charge in [-0.25, -0.2) is 12.8 Å². The van der Waals surface area contributed by atoms with E-state index in [-0.39, 0.29) is 23.7 Å². The third-order valence-electron chi connectivity index (χ3n) is 1.98. The number of benzene rings is 1. The zero-order valence-electron chi connectivity index (χ0n) is 9.10. The molecule has 0 fully saturated rings. The predicted octanol–water partition coefficient (Wildman–Crippen LogP) is 2.10. The van der Waals surface area contributed by atoms with Crippen molar-refractivity contribution in [3.05, 3.63) is 34.1 Å². The molecule has 0 saturated heterocycles. The van der Waals surface area contributed by atoms with Crippen molar-refractivity contribution >= 4 is 33.0 Å². The van der Waals surface area contributed by atoms with Crippen LogP contribution in [-0.4, -0.2) is 25.0 Å². The van der Waals surface area contributed by atoms with Crippen LogP contribution in [0, 0.1) is 15.9 Å². The number of nitro benzene ring substituents is 1. The minimum absolute atomic E-state index is 0.170. The van der Waals surface area contributed by atoms with E-state index in [9.17, 15) is 22.9 Å². The molecule has 0 aliphatic rings. The molecule has 18 heavy (non-hydrogen) atoms. The summed E-state index contributed by atoms with van der Waals surface area (Å²) in [6.45, 7) is 0. The molecule has 0 spiro atoms. The number of hydrogen-bond acceptors (Lipinski definition) is 4. The number of alkyl halides is 1. The van der Waals surface area contributed by atoms with E-state index in [0.29, 0.717) is 6.07 Å². The summed E-state index contributed by atoms with van der Waals surface area (Å²) in [6, 6.07) is 2.67. The molecule has 1 aromatic rings. The molecule has 0 amide bonds. The van der Waals surface area contributed by atoms with E-state index in [1.54, 1.807) is 0 Å². The molecule has 0 unspecified atom stereocenters. The molecule has 0 aromatic heterocycles. The first-order valence-electron chi connectivity index (χ1n) is 4.86. The van der Waals surface area contributed by atoms with E-state index in [2.05, 4.69) is 0 Å². The molecule has 1 N–H and O–H groups in total. The van der Waals surface area contributed by atoms with E-state index in [4.69, 9.17) is 11.6 Å². The van der Waals surface area contributed by atoms with Gasteiger partial charge in [-0.1, -0.05) is 0 Å². The largest absolute Gasteiger partial charge is 0.281 e. The third-order valence-corrected chi connectivity index (χ3v) is 3.60. The van der Waals surface area contributed by atoms with Gasteiger partial charge in [0, 0.05) is 11.9 Å². The van der Waals surface area contributed by atoms with Gasteiger partial charge in [0.2, 0.25) is 10.0 Å². The van der Waals surface area contributed by atoms with Crippen molar-refractivity contribution in [2.75, 3.05) is 16.4 Å². The topological polar surface area (TPSA) is 89.3 Å². The molecule has 0 aliphatic carbocycles. The average molecular weight is 297 g/mol. The standard InChI is InChI=1S/C9H10ClFN2O4S/c10-4-1-5-18(16,17)12-9-3-2-7(13(14)15)6-8(9)11/h2-3,6,12H,1,4-5H2. The third kappa shape index (κ3) is 4.11. The number of sulfonamides is 1. The lowest BCUT2D eigenvalue weighted by molar-refractivity contribution is -0.385. The van der Waals surface area contributed by atoms with Crippen molar-refractivity contribution in [1.29, 1.82) is 0 Å². The first-order valence-corrected chi connectivity index (χ1v) is 7.05. The number of rotatable bonds is 6. The number of nitro groups is 1. The highest BCUT2D eigenvalue weighted by molar-refractivity contribution is 7.92. The number of nitrogens with one attached hydrogen (secondary N) is 1. The molecule has 0 radical (unpaired) electrons. The molecule has 9 heteroatoms. The summed E-state index contributed by atoms with van der Waals surface area (Å²) in [7, 11) is -3.70. The molecule has 0 saturated carbocycles. The monoisotopic (exact) mass is 296 g/mol. The van der Waals surface area contributed by atoms with E-state index < -0.39 is 26.5 Å². The maximum absolute atomic E-state index is 13.4. The van der Waals surface area contributed by atoms with Crippen LogP contribution >= 0.6 is 11.6 Å². The number of hydrogen-bond donors (Lipinski definition) is 1. The van der Waals surface area contributed by atoms with E-state index in [1.807, 2.05) is 4.72 Å². The molecule has 0 atom stereocenters. The van der Waals surface area contributed by atoms with E-state index >= 15 is 0 Å². The first kappa shape index (κ1) is 14.7. The van der Waals surface area contributed by atoms with Crippen LogP contribution < -0.4 is 4.72 Å². The molecule has 0 bridgehead atoms. The Morgan fingerprint density at radius 3 is 2.61 bits per heavy atom. The van der Waals surface area contributed by atoms with Gasteiger partial charge in [-0.05, 0) is 12.5 Å². The first-order chi connectivity index (χ1) is 8.35. The van der Waals surface area contributed by atoms with Crippen molar-refractivity contribution in [1.82, 2.24) is 0 Å². The van der Waals surface area contributed by atoms with Gasteiger partial charge in [0.15, 0.2) is 5.82 Å². The zero-order valence-corrected chi connectivity index (χ0v) is 10.7. The molecule has 0 aliphatic heterocycles. The Bertz CT molecular complexity index is 549. The summed E-state index contributed by atoms with van der Waals surface area (Å²) in [4.78, 5) is 9.61. The van der Waals surface area contributed by atoms with Gasteiger partial charge in [-0.2, -0.15) is 0 Å². The quantitative estimate of drug-likeness (QED) is 0.494. The Morgan fingerprint density at radius 2 is 2.11 bits per heavy atom. The molecule has 1 aromatic carbocycles. The Morgan fingerprint density at radius 1 is 1.44 bits per heavy atom. The van der Waals surface area contributed by atoms with Gasteiger partial charge in [0.1, 0.15) is 0 Å². The molecule has 0 heterocycles. The Kier molecular flexibility index (Phi) is 4.85. The van der Waals surface area contributed by atoms with Crippen LogP contribution in [0.4, 0.5) is 15.8 Å². The van der Waals surface area contributed by atoms with Crippen molar-refractivity contribution < 1.29 is 17.7 Å². The second-order valence-electron chi connectivity index (χ2n) is 3.38. The summed E-state index contributed by atoms with van der Waals surface area (Å²) in [5.41, 5.74) is -0.772. The number of nitrogens with zero attached hydrogens (tertiary/aromatic N) is 1. The SMILES string of the molecule is O=[N+]([O-])c1ccc(NS(=O)(=O)CCCCl)c(F)c1. The van der Waals surface area contributed by atoms with E-state index in [0.717, 1.165) is 12.1 Å². The second-order valence-corrected chi connectivity index (χ2v) is 5.60. The van der Waals surface area contributed by atoms with Crippen LogP contribution in [0.25, 0.3) is 0 Å². The summed E-state index contributed by atoms with van der Waals surface area (Å²) in [5.74, 6) is -1.07. The molecule has 1 rings (SSSR count). The maximum atomic E-state index is 13.4. The highest BCUT2D eigenvalue weighted by Gasteiger charge is 2.15. The predicted molar refractivity (Wildman–Crippen MR) is 65.8 cm³/mol. The fourth-order valence-corrected chi connectivity index (χ4v) is 2.58. The Labute approximate surface area is 108 Å². The van der Waals surface area contributed by atoms with E-state index in [1.165, 1.54) is 0 Å². The van der Waals surface area contributed by atoms with Crippen LogP contribution in [0.5, 0.6) is 0 Å². The fourth-order valence-electron chi connectivity index (χ4n) is 1.16. The smallest absolute Gasteiger partial charge is 0.272 e. The summed E-state index contributed by atoms with van der Waals surface area (Å²) in [6.07, 6.45) is 0.228. The van der Waals surface area contributed by atoms with Gasteiger partial charge in [0.05, 0.1) is 22.4 Å². The number of anilines is 1.